The average molecular weight is 349 g/mol. The summed E-state index contributed by atoms with van der Waals surface area (Å²) < 4.78 is 1.94. The number of hydrogen-bond acceptors (Lipinski definition) is 2. The van der Waals surface area contributed by atoms with E-state index in [4.69, 9.17) is 5.11 Å². The first-order valence-electron chi connectivity index (χ1n) is 4.98. The predicted molar refractivity (Wildman–Crippen MR) is 68.6 cm³/mol. The van der Waals surface area contributed by atoms with Gasteiger partial charge in [0.25, 0.3) is 0 Å². The molecule has 3 nitrogen and oxygen atoms in total. The quantitative estimate of drug-likeness (QED) is 0.863. The predicted octanol–water partition coefficient (Wildman–Crippen LogP) is 2.60. The molecule has 0 radical (unpaired) electrons. The minimum absolute atomic E-state index is 0.0318. The van der Waals surface area contributed by atoms with E-state index in [-0.39, 0.29) is 11.8 Å². The van der Waals surface area contributed by atoms with Crippen LogP contribution in [0.15, 0.2) is 27.1 Å². The molecule has 5 heteroatoms. The lowest BCUT2D eigenvalue weighted by atomic mass is 9.89. The summed E-state index contributed by atoms with van der Waals surface area (Å²) in [5.41, 5.74) is 1.05. The molecule has 86 valence electrons. The number of carbonyl (C=O) groups is 1. The number of benzene rings is 1. The van der Waals surface area contributed by atoms with Crippen molar-refractivity contribution in [1.29, 1.82) is 0 Å². The van der Waals surface area contributed by atoms with Crippen molar-refractivity contribution in [1.82, 2.24) is 5.32 Å². The number of aliphatic carboxylic acids is 1. The summed E-state index contributed by atoms with van der Waals surface area (Å²) in [6, 6.07) is 5.86. The largest absolute Gasteiger partial charge is 0.481 e. The zero-order valence-corrected chi connectivity index (χ0v) is 11.6. The second kappa shape index (κ2) is 4.85. The van der Waals surface area contributed by atoms with Gasteiger partial charge in [0.15, 0.2) is 0 Å². The number of rotatable bonds is 2. The van der Waals surface area contributed by atoms with Crippen LogP contribution in [0.4, 0.5) is 0 Å². The first-order chi connectivity index (χ1) is 7.59. The van der Waals surface area contributed by atoms with Gasteiger partial charge in [0, 0.05) is 28.0 Å². The summed E-state index contributed by atoms with van der Waals surface area (Å²) in [6.45, 7) is 1.25. The Labute approximate surface area is 110 Å². The maximum absolute atomic E-state index is 11.1. The van der Waals surface area contributed by atoms with Gasteiger partial charge in [-0.2, -0.15) is 0 Å². The van der Waals surface area contributed by atoms with Crippen molar-refractivity contribution in [2.45, 2.75) is 5.92 Å². The van der Waals surface area contributed by atoms with Gasteiger partial charge in [0.1, 0.15) is 0 Å². The molecule has 0 spiro atoms. The normalized spacial score (nSPS) is 24.6. The van der Waals surface area contributed by atoms with Crippen molar-refractivity contribution in [2.24, 2.45) is 5.92 Å². The molecule has 2 unspecified atom stereocenters. The highest BCUT2D eigenvalue weighted by molar-refractivity contribution is 9.11. The SMILES string of the molecule is O=C(O)C1CNCC1c1cc(Br)ccc1Br. The third-order valence-electron chi connectivity index (χ3n) is 2.89. The van der Waals surface area contributed by atoms with E-state index in [1.54, 1.807) is 0 Å². The molecule has 0 aliphatic carbocycles. The Morgan fingerprint density at radius 1 is 1.38 bits per heavy atom. The molecule has 1 aliphatic heterocycles. The molecule has 1 heterocycles. The van der Waals surface area contributed by atoms with Gasteiger partial charge in [-0.3, -0.25) is 4.79 Å². The molecule has 1 fully saturated rings. The molecular formula is C11H11Br2NO2. The van der Waals surface area contributed by atoms with Crippen molar-refractivity contribution >= 4 is 37.8 Å². The zero-order chi connectivity index (χ0) is 11.7. The standard InChI is InChI=1S/C11H11Br2NO2/c12-6-1-2-10(13)7(3-6)8-4-14-5-9(8)11(15)16/h1-3,8-9,14H,4-5H2,(H,15,16). The van der Waals surface area contributed by atoms with E-state index < -0.39 is 5.97 Å². The number of carboxylic acids is 1. The fourth-order valence-corrected chi connectivity index (χ4v) is 2.98. The van der Waals surface area contributed by atoms with Crippen molar-refractivity contribution in [2.75, 3.05) is 13.1 Å². The van der Waals surface area contributed by atoms with Crippen molar-refractivity contribution < 1.29 is 9.90 Å². The van der Waals surface area contributed by atoms with Crippen LogP contribution in [-0.4, -0.2) is 24.2 Å². The fourth-order valence-electron chi connectivity index (χ4n) is 2.06. The Balaban J connectivity index is 2.35. The molecule has 2 atom stereocenters. The van der Waals surface area contributed by atoms with E-state index >= 15 is 0 Å². The molecule has 2 N–H and O–H groups in total. The summed E-state index contributed by atoms with van der Waals surface area (Å²) in [5.74, 6) is -1.04. The number of nitrogens with one attached hydrogen (secondary N) is 1. The second-order valence-corrected chi connectivity index (χ2v) is 5.65. The van der Waals surface area contributed by atoms with Crippen LogP contribution in [0.25, 0.3) is 0 Å². The maximum Gasteiger partial charge on any atom is 0.308 e. The molecule has 2 rings (SSSR count). The van der Waals surface area contributed by atoms with Crippen LogP contribution in [0.5, 0.6) is 0 Å². The van der Waals surface area contributed by atoms with Crippen molar-refractivity contribution in [3.05, 3.63) is 32.7 Å². The van der Waals surface area contributed by atoms with Gasteiger partial charge in [-0.25, -0.2) is 0 Å². The molecular weight excluding hydrogens is 338 g/mol. The Hall–Kier alpha value is -0.390. The molecule has 1 aliphatic rings. The monoisotopic (exact) mass is 347 g/mol. The Morgan fingerprint density at radius 3 is 2.81 bits per heavy atom. The summed E-state index contributed by atoms with van der Waals surface area (Å²) in [4.78, 5) is 11.1. The molecule has 0 aromatic heterocycles. The van der Waals surface area contributed by atoms with Crippen molar-refractivity contribution in [3.8, 4) is 0 Å². The van der Waals surface area contributed by atoms with E-state index in [0.717, 1.165) is 14.5 Å². The molecule has 0 saturated carbocycles. The van der Waals surface area contributed by atoms with Gasteiger partial charge in [-0.15, -0.1) is 0 Å². The third-order valence-corrected chi connectivity index (χ3v) is 4.10. The van der Waals surface area contributed by atoms with E-state index in [2.05, 4.69) is 37.2 Å². The zero-order valence-electron chi connectivity index (χ0n) is 8.41. The van der Waals surface area contributed by atoms with Crippen molar-refractivity contribution in [3.63, 3.8) is 0 Å². The van der Waals surface area contributed by atoms with Crippen LogP contribution >= 0.6 is 31.9 Å². The molecule has 0 bridgehead atoms. The van der Waals surface area contributed by atoms with Crippen LogP contribution in [0, 0.1) is 5.92 Å². The van der Waals surface area contributed by atoms with Gasteiger partial charge < -0.3 is 10.4 Å². The highest BCUT2D eigenvalue weighted by Crippen LogP contribution is 2.34. The molecule has 0 amide bonds. The van der Waals surface area contributed by atoms with Crippen LogP contribution in [0.3, 0.4) is 0 Å². The molecule has 1 aromatic rings. The van der Waals surface area contributed by atoms with E-state index in [1.807, 2.05) is 18.2 Å². The van der Waals surface area contributed by atoms with Gasteiger partial charge >= 0.3 is 5.97 Å². The molecule has 1 aromatic carbocycles. The number of hydrogen-bond donors (Lipinski definition) is 2. The fraction of sp³-hybridized carbons (Fsp3) is 0.364. The smallest absolute Gasteiger partial charge is 0.308 e. The van der Waals surface area contributed by atoms with Gasteiger partial charge in [-0.1, -0.05) is 31.9 Å². The lowest BCUT2D eigenvalue weighted by Gasteiger charge is -2.16. The minimum Gasteiger partial charge on any atom is -0.481 e. The van der Waals surface area contributed by atoms with Gasteiger partial charge in [-0.05, 0) is 23.8 Å². The van der Waals surface area contributed by atoms with Gasteiger partial charge in [0.05, 0.1) is 5.92 Å². The van der Waals surface area contributed by atoms with Crippen LogP contribution < -0.4 is 5.32 Å². The van der Waals surface area contributed by atoms with E-state index in [9.17, 15) is 4.79 Å². The Bertz CT molecular complexity index is 422. The van der Waals surface area contributed by atoms with Crippen LogP contribution in [-0.2, 0) is 4.79 Å². The second-order valence-electron chi connectivity index (χ2n) is 3.88. The van der Waals surface area contributed by atoms with Crippen LogP contribution in [0.2, 0.25) is 0 Å². The third kappa shape index (κ3) is 2.31. The number of halogens is 2. The first-order valence-corrected chi connectivity index (χ1v) is 6.56. The summed E-state index contributed by atoms with van der Waals surface area (Å²) in [5, 5.41) is 12.3. The van der Waals surface area contributed by atoms with Crippen LogP contribution in [0.1, 0.15) is 11.5 Å². The minimum atomic E-state index is -0.734. The highest BCUT2D eigenvalue weighted by atomic mass is 79.9. The lowest BCUT2D eigenvalue weighted by Crippen LogP contribution is -2.21. The van der Waals surface area contributed by atoms with Gasteiger partial charge in [0.2, 0.25) is 0 Å². The maximum atomic E-state index is 11.1. The summed E-state index contributed by atoms with van der Waals surface area (Å²) in [6.07, 6.45) is 0. The molecule has 16 heavy (non-hydrogen) atoms. The number of carboxylic acid groups (broad SMARTS) is 1. The van der Waals surface area contributed by atoms with E-state index in [0.29, 0.717) is 13.1 Å². The summed E-state index contributed by atoms with van der Waals surface area (Å²) >= 11 is 6.89. The highest BCUT2D eigenvalue weighted by Gasteiger charge is 2.34. The topological polar surface area (TPSA) is 49.3 Å². The van der Waals surface area contributed by atoms with E-state index in [1.165, 1.54) is 0 Å². The molecule has 1 saturated heterocycles. The lowest BCUT2D eigenvalue weighted by molar-refractivity contribution is -0.141. The summed E-state index contributed by atoms with van der Waals surface area (Å²) in [7, 11) is 0. The Morgan fingerprint density at radius 2 is 2.12 bits per heavy atom. The first kappa shape index (κ1) is 12.1. The Kier molecular flexibility index (Phi) is 3.66. The average Bonchev–Trinajstić information content (AvgIpc) is 2.70.